The number of halogens is 2. The fourth-order valence-corrected chi connectivity index (χ4v) is 8.58. The predicted octanol–water partition coefficient (Wildman–Crippen LogP) is 2.51. The number of aromatic nitrogens is 4. The number of ketones is 2. The molecule has 2 aromatic heterocycles. The van der Waals surface area contributed by atoms with E-state index in [0.717, 1.165) is 31.2 Å². The number of nitrogens with two attached hydrogens (primary N) is 3. The van der Waals surface area contributed by atoms with Crippen LogP contribution >= 0.6 is 0 Å². The number of methoxy groups -OCH3 is 2. The van der Waals surface area contributed by atoms with E-state index < -0.39 is 58.2 Å². The molecule has 0 bridgehead atoms. The van der Waals surface area contributed by atoms with Gasteiger partial charge >= 0.3 is 0 Å². The van der Waals surface area contributed by atoms with Crippen molar-refractivity contribution < 1.29 is 53.1 Å². The second-order valence-corrected chi connectivity index (χ2v) is 20.4. The number of hydrogen-bond donors (Lipinski definition) is 4. The molecule has 0 aliphatic carbocycles. The molecule has 64 heavy (non-hydrogen) atoms. The molecule has 2 aliphatic heterocycles. The number of nitrogens with one attached hydrogen (secondary N) is 1. The summed E-state index contributed by atoms with van der Waals surface area (Å²) in [5, 5.41) is 2.66. The summed E-state index contributed by atoms with van der Waals surface area (Å²) in [4.78, 5) is 40.5. The number of rotatable bonds is 12. The summed E-state index contributed by atoms with van der Waals surface area (Å²) in [5.74, 6) is -2.71. The third-order valence-electron chi connectivity index (χ3n) is 9.81. The number of nitrogen functional groups attached to an aromatic ring is 2. The van der Waals surface area contributed by atoms with Crippen molar-refractivity contribution in [3.63, 3.8) is 0 Å². The molecule has 7 N–H and O–H groups in total. The van der Waals surface area contributed by atoms with Gasteiger partial charge in [0.05, 0.1) is 43.6 Å². The summed E-state index contributed by atoms with van der Waals surface area (Å²) in [6.07, 6.45) is 7.51. The number of sulfonamides is 2. The predicted molar refractivity (Wildman–Crippen MR) is 237 cm³/mol. The lowest BCUT2D eigenvalue weighted by molar-refractivity contribution is 0.103. The van der Waals surface area contributed by atoms with Crippen LogP contribution in [0, 0.1) is 11.6 Å². The highest BCUT2D eigenvalue weighted by Gasteiger charge is 2.27. The third-order valence-corrected chi connectivity index (χ3v) is 13.9. The number of carbonyl (C=O) groups is 2. The van der Waals surface area contributed by atoms with E-state index in [2.05, 4.69) is 25.3 Å². The van der Waals surface area contributed by atoms with Gasteiger partial charge in [-0.2, -0.15) is 4.98 Å². The molecule has 0 atom stereocenters. The Labute approximate surface area is 372 Å². The number of ether oxygens (including phenoxy) is 2. The second kappa shape index (κ2) is 22.4. The molecular weight excluding hydrogens is 903 g/mol. The molecule has 20 nitrogen and oxygen atoms in total. The summed E-state index contributed by atoms with van der Waals surface area (Å²) >= 11 is 0. The zero-order valence-electron chi connectivity index (χ0n) is 35.1. The highest BCUT2D eigenvalue weighted by atomic mass is 32.2. The monoisotopic (exact) mass is 956 g/mol. The van der Waals surface area contributed by atoms with Crippen LogP contribution in [0.5, 0.6) is 11.5 Å². The topological polar surface area (TPSA) is 303 Å². The zero-order valence-corrected chi connectivity index (χ0v) is 37.6. The number of benzene rings is 2. The molecule has 25 heteroatoms. The van der Waals surface area contributed by atoms with Gasteiger partial charge in [0.25, 0.3) is 0 Å². The molecule has 0 unspecified atom stereocenters. The van der Waals surface area contributed by atoms with E-state index in [0.29, 0.717) is 39.0 Å². The maximum Gasteiger partial charge on any atom is 0.249 e. The molecule has 2 saturated heterocycles. The third kappa shape index (κ3) is 14.0. The lowest BCUT2D eigenvalue weighted by Crippen LogP contribution is -2.42. The van der Waals surface area contributed by atoms with Gasteiger partial charge in [-0.25, -0.2) is 57.6 Å². The van der Waals surface area contributed by atoms with Crippen LogP contribution in [0.3, 0.4) is 0 Å². The quantitative estimate of drug-likeness (QED) is 0.117. The van der Waals surface area contributed by atoms with Gasteiger partial charge in [-0.15, -0.1) is 0 Å². The lowest BCUT2D eigenvalue weighted by Gasteiger charge is -2.30. The second-order valence-electron chi connectivity index (χ2n) is 14.3. The summed E-state index contributed by atoms with van der Waals surface area (Å²) in [7, 11) is -7.16. The van der Waals surface area contributed by atoms with Crippen molar-refractivity contribution in [2.24, 2.45) is 5.73 Å². The van der Waals surface area contributed by atoms with Crippen molar-refractivity contribution in [1.29, 1.82) is 0 Å². The Morgan fingerprint density at radius 2 is 1.16 bits per heavy atom. The van der Waals surface area contributed by atoms with Crippen molar-refractivity contribution in [2.45, 2.75) is 57.3 Å². The molecule has 4 heterocycles. The van der Waals surface area contributed by atoms with E-state index in [1.807, 2.05) is 0 Å². The van der Waals surface area contributed by atoms with Gasteiger partial charge in [0.2, 0.25) is 41.0 Å². The standard InChI is InChI=1S/C18H22FN5O4S.C14H14FN3O4S.C6H14N2O2S.CH4/c1-28-15-4-3-11(9-14(15)19)16(25)13-10-21-18(23-17(13)20)22-12-5-7-24(8-6-12)29(2,26)27;1-3-23(20,21)14-17-7-9(13(16)18-14)12(19)8-4-5-11(22-2)10(15)6-8;1-11(9,10)8-4-2-6(7)3-5-8;/h3-4,9-10,12H,5-8H2,1-2H3,(H3,20,21,22,23);4-7H,3H2,1-2H3,(H2,16,17,18);6H,2-5,7H2,1H3;1H4. The van der Waals surface area contributed by atoms with Crippen molar-refractivity contribution >= 4 is 59.0 Å². The van der Waals surface area contributed by atoms with Crippen LogP contribution in [0.4, 0.5) is 26.4 Å². The van der Waals surface area contributed by atoms with Crippen molar-refractivity contribution in [1.82, 2.24) is 28.5 Å². The van der Waals surface area contributed by atoms with Gasteiger partial charge < -0.3 is 32.0 Å². The van der Waals surface area contributed by atoms with E-state index in [1.165, 1.54) is 72.7 Å². The van der Waals surface area contributed by atoms with Gasteiger partial charge in [0.15, 0.2) is 34.7 Å². The number of sulfone groups is 1. The first-order valence-corrected chi connectivity index (χ1v) is 24.5. The van der Waals surface area contributed by atoms with Crippen LogP contribution in [0.15, 0.2) is 53.9 Å². The maximum atomic E-state index is 13.9. The van der Waals surface area contributed by atoms with Crippen LogP contribution in [-0.4, -0.2) is 136 Å². The fourth-order valence-electron chi connectivity index (χ4n) is 6.12. The summed E-state index contributed by atoms with van der Waals surface area (Å²) in [6.45, 7) is 3.42. The summed E-state index contributed by atoms with van der Waals surface area (Å²) < 4.78 is 109. The van der Waals surface area contributed by atoms with Crippen molar-refractivity contribution in [2.75, 3.05) is 75.4 Å². The largest absolute Gasteiger partial charge is 0.494 e. The summed E-state index contributed by atoms with van der Waals surface area (Å²) in [6, 6.07) is 7.71. The Morgan fingerprint density at radius 3 is 1.53 bits per heavy atom. The fraction of sp³-hybridized carbons (Fsp3) is 0.436. The maximum absolute atomic E-state index is 13.9. The SMILES string of the molecule is C.CCS(=O)(=O)c1ncc(C(=O)c2ccc(OC)c(F)c2)c(N)n1.COc1ccc(C(=O)c2cnc(NC3CCN(S(C)(=O)=O)CC3)nc2N)cc1F.CS(=O)(=O)N1CCC(N)CC1. The summed E-state index contributed by atoms with van der Waals surface area (Å²) in [5.41, 5.74) is 17.3. The minimum Gasteiger partial charge on any atom is -0.494 e. The van der Waals surface area contributed by atoms with Gasteiger partial charge in [-0.05, 0) is 62.1 Å². The number of nitrogens with zero attached hydrogens (tertiary/aromatic N) is 6. The lowest BCUT2D eigenvalue weighted by atomic mass is 10.0. The minimum atomic E-state index is -3.63. The van der Waals surface area contributed by atoms with Crippen LogP contribution in [0.25, 0.3) is 0 Å². The van der Waals surface area contributed by atoms with Gasteiger partial charge in [-0.1, -0.05) is 14.4 Å². The molecule has 352 valence electrons. The van der Waals surface area contributed by atoms with Crippen LogP contribution in [0.1, 0.15) is 71.9 Å². The van der Waals surface area contributed by atoms with Gasteiger partial charge in [-0.3, -0.25) is 9.59 Å². The Bertz CT molecular complexity index is 2630. The van der Waals surface area contributed by atoms with Gasteiger partial charge in [0, 0.05) is 61.8 Å². The molecule has 2 aliphatic rings. The smallest absolute Gasteiger partial charge is 0.249 e. The number of anilines is 3. The Balaban J connectivity index is 0.000000277. The molecule has 0 radical (unpaired) electrons. The highest BCUT2D eigenvalue weighted by Crippen LogP contribution is 2.24. The Morgan fingerprint density at radius 1 is 0.734 bits per heavy atom. The minimum absolute atomic E-state index is 0. The molecule has 0 amide bonds. The molecular formula is C39H54F2N10O10S3. The van der Waals surface area contributed by atoms with Crippen LogP contribution < -0.4 is 32.0 Å². The number of carbonyl (C=O) groups excluding carboxylic acids is 2. The average Bonchev–Trinajstić information content (AvgIpc) is 3.23. The van der Waals surface area contributed by atoms with Gasteiger partial charge in [0.1, 0.15) is 11.6 Å². The molecule has 0 saturated carbocycles. The van der Waals surface area contributed by atoms with Crippen LogP contribution in [-0.2, 0) is 29.9 Å². The van der Waals surface area contributed by atoms with E-state index in [9.17, 15) is 43.6 Å². The normalized spacial score (nSPS) is 15.3. The van der Waals surface area contributed by atoms with Crippen molar-refractivity contribution in [3.8, 4) is 11.5 Å². The first-order valence-electron chi connectivity index (χ1n) is 19.2. The molecule has 4 aromatic rings. The number of piperidine rings is 2. The zero-order chi connectivity index (χ0) is 46.9. The number of hydrogen-bond acceptors (Lipinski definition) is 18. The Kier molecular flexibility index (Phi) is 18.5. The first kappa shape index (κ1) is 52.9. The molecule has 6 rings (SSSR count). The highest BCUT2D eigenvalue weighted by molar-refractivity contribution is 7.91. The van der Waals surface area contributed by atoms with E-state index in [1.54, 1.807) is 0 Å². The molecule has 2 aromatic carbocycles. The Hall–Kier alpha value is -5.47. The molecule has 0 spiro atoms. The van der Waals surface area contributed by atoms with E-state index >= 15 is 0 Å². The van der Waals surface area contributed by atoms with Crippen molar-refractivity contribution in [3.05, 3.63) is 82.7 Å². The molecule has 2 fully saturated rings. The van der Waals surface area contributed by atoms with E-state index in [4.69, 9.17) is 26.7 Å². The average molecular weight is 957 g/mol. The van der Waals surface area contributed by atoms with E-state index in [-0.39, 0.29) is 76.6 Å². The van der Waals surface area contributed by atoms with Crippen LogP contribution in [0.2, 0.25) is 0 Å². The first-order chi connectivity index (χ1) is 29.5.